The second-order valence-corrected chi connectivity index (χ2v) is 9.20. The number of hydrogen-bond donors (Lipinski definition) is 1. The largest absolute Gasteiger partial charge is 0.357 e. The Bertz CT molecular complexity index is 698. The molecule has 6 nitrogen and oxygen atoms in total. The molecule has 0 unspecified atom stereocenters. The van der Waals surface area contributed by atoms with Crippen molar-refractivity contribution in [2.45, 2.75) is 26.3 Å². The smallest absolute Gasteiger partial charge is 0.211 e. The van der Waals surface area contributed by atoms with Gasteiger partial charge in [-0.25, -0.2) is 12.7 Å². The van der Waals surface area contributed by atoms with Crippen LogP contribution in [0.5, 0.6) is 0 Å². The van der Waals surface area contributed by atoms with Crippen LogP contribution in [-0.4, -0.2) is 63.1 Å². The molecule has 1 N–H and O–H groups in total. The first kappa shape index (κ1) is 21.0. The minimum Gasteiger partial charge on any atom is -0.357 e. The Labute approximate surface area is 162 Å². The van der Waals surface area contributed by atoms with Crippen LogP contribution in [0.1, 0.15) is 25.3 Å². The van der Waals surface area contributed by atoms with Crippen LogP contribution in [0.2, 0.25) is 5.02 Å². The molecule has 8 heteroatoms. The van der Waals surface area contributed by atoms with E-state index in [0.29, 0.717) is 25.6 Å². The van der Waals surface area contributed by atoms with E-state index in [1.807, 2.05) is 31.3 Å². The Hall–Kier alpha value is -1.31. The van der Waals surface area contributed by atoms with Crippen LogP contribution < -0.4 is 5.32 Å². The number of piperidine rings is 1. The minimum atomic E-state index is -3.07. The third kappa shape index (κ3) is 6.45. The number of sulfonamides is 1. The number of benzene rings is 1. The van der Waals surface area contributed by atoms with Gasteiger partial charge in [-0.05, 0) is 43.4 Å². The fourth-order valence-electron chi connectivity index (χ4n) is 3.05. The van der Waals surface area contributed by atoms with Gasteiger partial charge in [-0.2, -0.15) is 0 Å². The molecule has 0 amide bonds. The van der Waals surface area contributed by atoms with E-state index in [1.54, 1.807) is 4.31 Å². The van der Waals surface area contributed by atoms with Crippen LogP contribution in [0.4, 0.5) is 0 Å². The van der Waals surface area contributed by atoms with Gasteiger partial charge in [0.2, 0.25) is 10.0 Å². The molecule has 1 aromatic rings. The molecule has 146 valence electrons. The fraction of sp³-hybridized carbons (Fsp3) is 0.611. The molecule has 0 spiro atoms. The van der Waals surface area contributed by atoms with Gasteiger partial charge < -0.3 is 10.2 Å². The molecule has 0 atom stereocenters. The number of guanidine groups is 1. The van der Waals surface area contributed by atoms with Crippen molar-refractivity contribution in [3.8, 4) is 0 Å². The third-order valence-electron chi connectivity index (χ3n) is 4.57. The van der Waals surface area contributed by atoms with Crippen LogP contribution in [0.3, 0.4) is 0 Å². The lowest BCUT2D eigenvalue weighted by atomic mass is 9.98. The van der Waals surface area contributed by atoms with E-state index in [0.717, 1.165) is 36.9 Å². The van der Waals surface area contributed by atoms with Crippen molar-refractivity contribution in [1.29, 1.82) is 0 Å². The average molecular weight is 401 g/mol. The number of nitrogens with zero attached hydrogens (tertiary/aromatic N) is 3. The molecular formula is C18H29ClN4O2S. The number of halogens is 1. The standard InChI is InChI=1S/C18H29ClN4O2S/c1-4-20-18(22(2)14-16-5-7-17(19)8-6-16)21-13-15-9-11-23(12-10-15)26(3,24)25/h5-8,15H,4,9-14H2,1-3H3,(H,20,21). The van der Waals surface area contributed by atoms with Gasteiger partial charge in [-0.3, -0.25) is 4.99 Å². The predicted octanol–water partition coefficient (Wildman–Crippen LogP) is 2.41. The average Bonchev–Trinajstić information content (AvgIpc) is 2.60. The lowest BCUT2D eigenvalue weighted by molar-refractivity contribution is 0.279. The van der Waals surface area contributed by atoms with Gasteiger partial charge in [0.05, 0.1) is 6.26 Å². The van der Waals surface area contributed by atoms with Crippen LogP contribution in [0.25, 0.3) is 0 Å². The topological polar surface area (TPSA) is 65.0 Å². The van der Waals surface area contributed by atoms with Gasteiger partial charge in [-0.15, -0.1) is 0 Å². The maximum atomic E-state index is 11.6. The molecule has 0 aliphatic carbocycles. The minimum absolute atomic E-state index is 0.422. The van der Waals surface area contributed by atoms with Crippen LogP contribution >= 0.6 is 11.6 Å². The highest BCUT2D eigenvalue weighted by Gasteiger charge is 2.24. The molecule has 1 aliphatic rings. The van der Waals surface area contributed by atoms with Gasteiger partial charge in [0.1, 0.15) is 0 Å². The first-order valence-electron chi connectivity index (χ1n) is 8.98. The molecular weight excluding hydrogens is 372 g/mol. The summed E-state index contributed by atoms with van der Waals surface area (Å²) >= 11 is 5.94. The van der Waals surface area contributed by atoms with E-state index >= 15 is 0 Å². The normalized spacial score (nSPS) is 17.3. The highest BCUT2D eigenvalue weighted by Crippen LogP contribution is 2.19. The lowest BCUT2D eigenvalue weighted by Crippen LogP contribution is -2.40. The zero-order valence-corrected chi connectivity index (χ0v) is 17.4. The maximum Gasteiger partial charge on any atom is 0.211 e. The predicted molar refractivity (Wildman–Crippen MR) is 108 cm³/mol. The van der Waals surface area contributed by atoms with E-state index in [1.165, 1.54) is 11.8 Å². The molecule has 0 saturated carbocycles. The first-order chi connectivity index (χ1) is 12.3. The maximum absolute atomic E-state index is 11.6. The molecule has 1 aliphatic heterocycles. The second kappa shape index (κ2) is 9.58. The highest BCUT2D eigenvalue weighted by atomic mass is 35.5. The molecule has 0 radical (unpaired) electrons. The van der Waals surface area contributed by atoms with E-state index in [-0.39, 0.29) is 0 Å². The molecule has 1 heterocycles. The summed E-state index contributed by atoms with van der Waals surface area (Å²) in [4.78, 5) is 6.87. The van der Waals surface area contributed by atoms with Crippen molar-refractivity contribution in [3.05, 3.63) is 34.9 Å². The third-order valence-corrected chi connectivity index (χ3v) is 6.13. The number of nitrogens with one attached hydrogen (secondary N) is 1. The van der Waals surface area contributed by atoms with Crippen molar-refractivity contribution in [1.82, 2.24) is 14.5 Å². The summed E-state index contributed by atoms with van der Waals surface area (Å²) in [6, 6.07) is 7.82. The van der Waals surface area contributed by atoms with Gasteiger partial charge in [0.25, 0.3) is 0 Å². The van der Waals surface area contributed by atoms with Gasteiger partial charge in [-0.1, -0.05) is 23.7 Å². The highest BCUT2D eigenvalue weighted by molar-refractivity contribution is 7.88. The summed E-state index contributed by atoms with van der Waals surface area (Å²) < 4.78 is 24.8. The fourth-order valence-corrected chi connectivity index (χ4v) is 4.05. The molecule has 1 saturated heterocycles. The van der Waals surface area contributed by atoms with Crippen molar-refractivity contribution in [2.75, 3.05) is 39.5 Å². The van der Waals surface area contributed by atoms with Crippen LogP contribution in [0.15, 0.2) is 29.3 Å². The Balaban J connectivity index is 1.92. The van der Waals surface area contributed by atoms with E-state index in [4.69, 9.17) is 16.6 Å². The zero-order valence-electron chi connectivity index (χ0n) is 15.8. The zero-order chi connectivity index (χ0) is 19.2. The van der Waals surface area contributed by atoms with Crippen LogP contribution in [0, 0.1) is 5.92 Å². The monoisotopic (exact) mass is 400 g/mol. The summed E-state index contributed by atoms with van der Waals surface area (Å²) in [5.41, 5.74) is 1.17. The summed E-state index contributed by atoms with van der Waals surface area (Å²) in [7, 11) is -1.06. The van der Waals surface area contributed by atoms with Gasteiger partial charge >= 0.3 is 0 Å². The van der Waals surface area contributed by atoms with Crippen molar-refractivity contribution in [2.24, 2.45) is 10.9 Å². The number of rotatable bonds is 6. The Kier molecular flexibility index (Phi) is 7.73. The Morgan fingerprint density at radius 2 is 1.92 bits per heavy atom. The SMILES string of the molecule is CCNC(=NCC1CCN(S(C)(=O)=O)CC1)N(C)Cc1ccc(Cl)cc1. The van der Waals surface area contributed by atoms with E-state index in [2.05, 4.69) is 17.1 Å². The Morgan fingerprint density at radius 3 is 2.46 bits per heavy atom. The first-order valence-corrected chi connectivity index (χ1v) is 11.2. The quantitative estimate of drug-likeness (QED) is 0.588. The molecule has 26 heavy (non-hydrogen) atoms. The Morgan fingerprint density at radius 1 is 1.31 bits per heavy atom. The lowest BCUT2D eigenvalue weighted by Gasteiger charge is -2.30. The summed E-state index contributed by atoms with van der Waals surface area (Å²) in [5, 5.41) is 4.06. The van der Waals surface area contributed by atoms with Crippen molar-refractivity contribution < 1.29 is 8.42 Å². The van der Waals surface area contributed by atoms with Gasteiger partial charge in [0, 0.05) is 44.8 Å². The second-order valence-electron chi connectivity index (χ2n) is 6.78. The summed E-state index contributed by atoms with van der Waals surface area (Å²) in [6.07, 6.45) is 2.99. The van der Waals surface area contributed by atoms with Crippen LogP contribution in [-0.2, 0) is 16.6 Å². The summed E-state index contributed by atoms with van der Waals surface area (Å²) in [6.45, 7) is 5.50. The molecule has 1 aromatic carbocycles. The molecule has 1 fully saturated rings. The van der Waals surface area contributed by atoms with E-state index in [9.17, 15) is 8.42 Å². The summed E-state index contributed by atoms with van der Waals surface area (Å²) in [5.74, 6) is 1.29. The molecule has 0 aromatic heterocycles. The van der Waals surface area contributed by atoms with E-state index < -0.39 is 10.0 Å². The number of aliphatic imine (C=N–C) groups is 1. The molecule has 0 bridgehead atoms. The van der Waals surface area contributed by atoms with Crippen molar-refractivity contribution in [3.63, 3.8) is 0 Å². The van der Waals surface area contributed by atoms with Crippen molar-refractivity contribution >= 4 is 27.6 Å². The van der Waals surface area contributed by atoms with Gasteiger partial charge in [0.15, 0.2) is 5.96 Å². The molecule has 2 rings (SSSR count). The number of hydrogen-bond acceptors (Lipinski definition) is 3.